The molecule has 2 aliphatic heterocycles. The van der Waals surface area contributed by atoms with Crippen LogP contribution in [0.1, 0.15) is 46.5 Å². The zero-order valence-corrected chi connectivity index (χ0v) is 17.2. The number of likely N-dealkylation sites (tertiary alicyclic amines) is 1. The summed E-state index contributed by atoms with van der Waals surface area (Å²) in [5, 5.41) is 0. The summed E-state index contributed by atoms with van der Waals surface area (Å²) in [4.78, 5) is 16.9. The molecule has 154 valence electrons. The van der Waals surface area contributed by atoms with Gasteiger partial charge in [0.25, 0.3) is 0 Å². The van der Waals surface area contributed by atoms with Crippen LogP contribution in [0.15, 0.2) is 18.2 Å². The highest BCUT2D eigenvalue weighted by Crippen LogP contribution is 2.53. The summed E-state index contributed by atoms with van der Waals surface area (Å²) in [6.45, 7) is 9.69. The van der Waals surface area contributed by atoms with Crippen molar-refractivity contribution >= 4 is 17.3 Å². The van der Waals surface area contributed by atoms with E-state index in [1.54, 1.807) is 12.1 Å². The Labute approximate surface area is 167 Å². The molecule has 6 heteroatoms. The second-order valence-corrected chi connectivity index (χ2v) is 9.97. The van der Waals surface area contributed by atoms with Crippen LogP contribution in [0.5, 0.6) is 0 Å². The maximum Gasteiger partial charge on any atom is 0.309 e. The fourth-order valence-corrected chi connectivity index (χ4v) is 5.12. The molecule has 28 heavy (non-hydrogen) atoms. The fourth-order valence-electron chi connectivity index (χ4n) is 5.12. The van der Waals surface area contributed by atoms with Crippen molar-refractivity contribution in [1.29, 1.82) is 0 Å². The van der Waals surface area contributed by atoms with Gasteiger partial charge in [0.05, 0.1) is 11.6 Å². The first-order valence-corrected chi connectivity index (χ1v) is 10.4. The van der Waals surface area contributed by atoms with Crippen LogP contribution < -0.4 is 10.6 Å². The smallest absolute Gasteiger partial charge is 0.309 e. The van der Waals surface area contributed by atoms with Crippen LogP contribution in [0, 0.1) is 17.2 Å². The van der Waals surface area contributed by atoms with Crippen molar-refractivity contribution < 1.29 is 13.9 Å². The molecule has 3 aliphatic rings. The maximum absolute atomic E-state index is 14.2. The topological polar surface area (TPSA) is 58.8 Å². The van der Waals surface area contributed by atoms with E-state index in [1.165, 1.54) is 6.07 Å². The Morgan fingerprint density at radius 3 is 2.43 bits per heavy atom. The molecule has 2 N–H and O–H groups in total. The minimum absolute atomic E-state index is 0.0320. The highest BCUT2D eigenvalue weighted by molar-refractivity contribution is 5.74. The van der Waals surface area contributed by atoms with Crippen molar-refractivity contribution in [1.82, 2.24) is 4.90 Å². The molecule has 1 aromatic carbocycles. The predicted molar refractivity (Wildman–Crippen MR) is 109 cm³/mol. The number of hydrogen-bond acceptors (Lipinski definition) is 5. The van der Waals surface area contributed by atoms with Gasteiger partial charge in [-0.2, -0.15) is 0 Å². The number of benzene rings is 1. The molecule has 1 aliphatic carbocycles. The Morgan fingerprint density at radius 2 is 1.86 bits per heavy atom. The minimum Gasteiger partial charge on any atom is -0.460 e. The Bertz CT molecular complexity index is 739. The third-order valence-electron chi connectivity index (χ3n) is 6.47. The van der Waals surface area contributed by atoms with E-state index in [-0.39, 0.29) is 17.7 Å². The van der Waals surface area contributed by atoms with Gasteiger partial charge in [0.2, 0.25) is 0 Å². The third kappa shape index (κ3) is 3.84. The summed E-state index contributed by atoms with van der Waals surface area (Å²) in [6.07, 6.45) is 4.03. The molecule has 2 heterocycles. The molecular weight excluding hydrogens is 357 g/mol. The van der Waals surface area contributed by atoms with Gasteiger partial charge in [-0.05, 0) is 70.1 Å². The Hall–Kier alpha value is -1.82. The number of esters is 1. The zero-order valence-electron chi connectivity index (χ0n) is 17.2. The van der Waals surface area contributed by atoms with Gasteiger partial charge in [-0.15, -0.1) is 0 Å². The van der Waals surface area contributed by atoms with Crippen molar-refractivity contribution in [3.8, 4) is 0 Å². The van der Waals surface area contributed by atoms with Gasteiger partial charge < -0.3 is 15.4 Å². The number of nitrogens with zero attached hydrogens (tertiary/aromatic N) is 2. The quantitative estimate of drug-likeness (QED) is 0.634. The van der Waals surface area contributed by atoms with Gasteiger partial charge >= 0.3 is 5.97 Å². The van der Waals surface area contributed by atoms with Gasteiger partial charge in [0, 0.05) is 37.9 Å². The molecule has 0 bridgehead atoms. The molecule has 2 saturated heterocycles. The molecular formula is C22H32FN3O2. The number of halogens is 1. The number of ether oxygens (including phenoxy) is 1. The summed E-state index contributed by atoms with van der Waals surface area (Å²) >= 11 is 0. The van der Waals surface area contributed by atoms with Crippen LogP contribution in [0.4, 0.5) is 15.8 Å². The van der Waals surface area contributed by atoms with Crippen molar-refractivity contribution in [2.75, 3.05) is 36.8 Å². The second-order valence-electron chi connectivity index (χ2n) is 9.97. The molecule has 0 amide bonds. The largest absolute Gasteiger partial charge is 0.460 e. The van der Waals surface area contributed by atoms with Crippen LogP contribution in [0.3, 0.4) is 0 Å². The zero-order chi connectivity index (χ0) is 20.1. The molecule has 3 fully saturated rings. The van der Waals surface area contributed by atoms with Crippen LogP contribution in [0.2, 0.25) is 0 Å². The molecule has 0 aromatic heterocycles. The first-order chi connectivity index (χ1) is 13.1. The van der Waals surface area contributed by atoms with Gasteiger partial charge in [0.15, 0.2) is 0 Å². The Kier molecular flexibility index (Phi) is 4.81. The predicted octanol–water partition coefficient (Wildman–Crippen LogP) is 3.43. The monoisotopic (exact) mass is 389 g/mol. The minimum atomic E-state index is -0.399. The third-order valence-corrected chi connectivity index (χ3v) is 6.47. The molecule has 5 nitrogen and oxygen atoms in total. The average Bonchev–Trinajstić information content (AvgIpc) is 2.51. The van der Waals surface area contributed by atoms with Crippen molar-refractivity contribution in [3.63, 3.8) is 0 Å². The van der Waals surface area contributed by atoms with E-state index in [0.29, 0.717) is 22.8 Å². The number of carbonyl (C=O) groups is 1. The van der Waals surface area contributed by atoms with E-state index < -0.39 is 5.60 Å². The highest BCUT2D eigenvalue weighted by Gasteiger charge is 2.56. The summed E-state index contributed by atoms with van der Waals surface area (Å²) < 4.78 is 19.7. The van der Waals surface area contributed by atoms with Crippen LogP contribution in [-0.2, 0) is 9.53 Å². The Balaban J connectivity index is 1.22. The summed E-state index contributed by atoms with van der Waals surface area (Å²) in [7, 11) is 0. The van der Waals surface area contributed by atoms with Crippen LogP contribution >= 0.6 is 0 Å². The van der Waals surface area contributed by atoms with Crippen molar-refractivity contribution in [3.05, 3.63) is 24.0 Å². The van der Waals surface area contributed by atoms with Crippen molar-refractivity contribution in [2.45, 2.75) is 58.1 Å². The van der Waals surface area contributed by atoms with Gasteiger partial charge in [0.1, 0.15) is 11.4 Å². The summed E-state index contributed by atoms with van der Waals surface area (Å²) in [6, 6.07) is 5.52. The lowest BCUT2D eigenvalue weighted by atomic mass is 9.57. The number of nitrogens with two attached hydrogens (primary N) is 1. The lowest BCUT2D eigenvalue weighted by Gasteiger charge is -2.61. The Morgan fingerprint density at radius 1 is 1.21 bits per heavy atom. The normalized spacial score (nSPS) is 23.4. The van der Waals surface area contributed by atoms with Gasteiger partial charge in [-0.25, -0.2) is 4.39 Å². The molecule has 4 rings (SSSR count). The molecule has 1 saturated carbocycles. The van der Waals surface area contributed by atoms with Crippen LogP contribution in [0.25, 0.3) is 0 Å². The van der Waals surface area contributed by atoms with E-state index in [1.807, 2.05) is 20.8 Å². The average molecular weight is 390 g/mol. The van der Waals surface area contributed by atoms with Gasteiger partial charge in [-0.3, -0.25) is 9.69 Å². The molecule has 1 spiro atoms. The fraction of sp³-hybridized carbons (Fsp3) is 0.682. The van der Waals surface area contributed by atoms with Crippen molar-refractivity contribution in [2.24, 2.45) is 11.3 Å². The first kappa shape index (κ1) is 19.5. The van der Waals surface area contributed by atoms with Crippen LogP contribution in [-0.4, -0.2) is 48.7 Å². The van der Waals surface area contributed by atoms with Gasteiger partial charge in [-0.1, -0.05) is 0 Å². The maximum atomic E-state index is 14.2. The lowest BCUT2D eigenvalue weighted by molar-refractivity contribution is -0.180. The van der Waals surface area contributed by atoms with E-state index in [9.17, 15) is 9.18 Å². The lowest BCUT2D eigenvalue weighted by Crippen LogP contribution is -2.66. The number of anilines is 2. The highest BCUT2D eigenvalue weighted by atomic mass is 19.1. The van der Waals surface area contributed by atoms with E-state index in [0.717, 1.165) is 51.9 Å². The molecule has 0 unspecified atom stereocenters. The number of hydrogen-bond donors (Lipinski definition) is 1. The second kappa shape index (κ2) is 6.90. The number of rotatable bonds is 3. The SMILES string of the molecule is CC(C)(C)OC(=O)C1CC2(C1)CN(C1CCN(c3ccc(N)cc3F)CC1)C2. The molecule has 0 radical (unpaired) electrons. The summed E-state index contributed by atoms with van der Waals surface area (Å²) in [5.41, 5.74) is 6.71. The number of nitrogen functional groups attached to an aromatic ring is 1. The number of piperidine rings is 1. The number of carbonyl (C=O) groups excluding carboxylic acids is 1. The summed E-state index contributed by atoms with van der Waals surface area (Å²) in [5.74, 6) is -0.184. The van der Waals surface area contributed by atoms with E-state index in [4.69, 9.17) is 10.5 Å². The molecule has 0 atom stereocenters. The van der Waals surface area contributed by atoms with E-state index in [2.05, 4.69) is 9.80 Å². The molecule has 1 aromatic rings. The van der Waals surface area contributed by atoms with E-state index >= 15 is 0 Å². The first-order valence-electron chi connectivity index (χ1n) is 10.4. The standard InChI is InChI=1S/C22H32FN3O2/c1-21(2,3)28-20(27)15-11-22(12-15)13-26(14-22)17-6-8-25(9-7-17)19-5-4-16(24)10-18(19)23/h4-5,10,15,17H,6-9,11-14,24H2,1-3H3.